The van der Waals surface area contributed by atoms with E-state index in [4.69, 9.17) is 4.74 Å². The second-order valence-corrected chi connectivity index (χ2v) is 9.09. The number of fused-ring (bicyclic) bond motifs is 1. The average molecular weight is 382 g/mol. The third-order valence-electron chi connectivity index (χ3n) is 5.58. The predicted molar refractivity (Wildman–Crippen MR) is 91.9 cm³/mol. The van der Waals surface area contributed by atoms with E-state index in [-0.39, 0.29) is 11.9 Å². The minimum Gasteiger partial charge on any atom is -0.469 e. The Kier molecular flexibility index (Phi) is 3.70. The Morgan fingerprint density at radius 2 is 2.32 bits per heavy atom. The zero-order valence-electron chi connectivity index (χ0n) is 12.8. The maximum atomic E-state index is 12.3. The molecule has 1 aromatic heterocycles. The number of aryl methyl sites for hydroxylation is 1. The largest absolute Gasteiger partial charge is 0.469 e. The molecule has 4 aliphatic heterocycles. The number of thiophene rings is 1. The third kappa shape index (κ3) is 2.21. The highest BCUT2D eigenvalue weighted by Gasteiger charge is 2.55. The van der Waals surface area contributed by atoms with Crippen LogP contribution in [0.3, 0.4) is 0 Å². The smallest absolute Gasteiger partial charge is 0.310 e. The van der Waals surface area contributed by atoms with Crippen molar-refractivity contribution in [2.45, 2.75) is 38.3 Å². The summed E-state index contributed by atoms with van der Waals surface area (Å²) in [6, 6.07) is 3.32. The molecule has 4 saturated heterocycles. The Balaban J connectivity index is 1.69. The highest BCUT2D eigenvalue weighted by atomic mass is 79.9. The van der Waals surface area contributed by atoms with Crippen molar-refractivity contribution in [3.05, 3.63) is 25.9 Å². The molecule has 1 unspecified atom stereocenters. The summed E-state index contributed by atoms with van der Waals surface area (Å²) in [5, 5.41) is 0. The lowest BCUT2D eigenvalue weighted by atomic mass is 9.71. The van der Waals surface area contributed by atoms with Crippen molar-refractivity contribution in [3.8, 4) is 0 Å². The number of hydrogen-bond donors (Lipinski definition) is 0. The van der Waals surface area contributed by atoms with Crippen molar-refractivity contribution in [2.75, 3.05) is 13.7 Å². The number of methoxy groups -OCH3 is 1. The van der Waals surface area contributed by atoms with Crippen LogP contribution in [-0.4, -0.2) is 36.6 Å². The second-order valence-electron chi connectivity index (χ2n) is 6.69. The van der Waals surface area contributed by atoms with E-state index >= 15 is 0 Å². The normalized spacial score (nSPS) is 37.8. The van der Waals surface area contributed by atoms with Gasteiger partial charge in [-0.05, 0) is 65.7 Å². The lowest BCUT2D eigenvalue weighted by Crippen LogP contribution is -2.58. The average Bonchev–Trinajstić information content (AvgIpc) is 2.98. The quantitative estimate of drug-likeness (QED) is 0.728. The van der Waals surface area contributed by atoms with E-state index < -0.39 is 0 Å². The van der Waals surface area contributed by atoms with Gasteiger partial charge in [-0.15, -0.1) is 11.3 Å². The summed E-state index contributed by atoms with van der Waals surface area (Å²) in [5.74, 6) is 0.388. The highest BCUT2D eigenvalue weighted by molar-refractivity contribution is 9.11. The first-order chi connectivity index (χ1) is 10.6. The van der Waals surface area contributed by atoms with Crippen LogP contribution in [0.25, 0.3) is 6.08 Å². The minimum absolute atomic E-state index is 0.0190. The molecule has 0 aliphatic carbocycles. The van der Waals surface area contributed by atoms with Gasteiger partial charge >= 0.3 is 5.97 Å². The Hall–Kier alpha value is -0.650. The minimum atomic E-state index is -0.0190. The van der Waals surface area contributed by atoms with Crippen molar-refractivity contribution in [1.82, 2.24) is 4.90 Å². The molecule has 0 spiro atoms. The number of esters is 1. The van der Waals surface area contributed by atoms with E-state index in [1.54, 1.807) is 11.3 Å². The molecule has 4 bridgehead atoms. The lowest BCUT2D eigenvalue weighted by Gasteiger charge is -2.50. The SMILES string of the molecule is COC(=O)[C@H]1[C@@H]2C[C@@H]3CC[C@H]1N3C/C2=C/c1cc(C)c(Br)s1. The number of halogens is 1. The lowest BCUT2D eigenvalue weighted by molar-refractivity contribution is -0.153. The Morgan fingerprint density at radius 3 is 3.00 bits per heavy atom. The molecule has 0 saturated carbocycles. The fourth-order valence-electron chi connectivity index (χ4n) is 4.62. The van der Waals surface area contributed by atoms with E-state index in [2.05, 4.69) is 39.9 Å². The molecule has 5 rings (SSSR count). The van der Waals surface area contributed by atoms with Gasteiger partial charge in [0.25, 0.3) is 0 Å². The maximum Gasteiger partial charge on any atom is 0.310 e. The van der Waals surface area contributed by atoms with Crippen molar-refractivity contribution in [2.24, 2.45) is 11.8 Å². The van der Waals surface area contributed by atoms with E-state index in [0.717, 1.165) is 19.4 Å². The second kappa shape index (κ2) is 5.46. The number of piperidine rings is 3. The first-order valence-electron chi connectivity index (χ1n) is 7.88. The van der Waals surface area contributed by atoms with Crippen molar-refractivity contribution < 1.29 is 9.53 Å². The van der Waals surface area contributed by atoms with E-state index in [0.29, 0.717) is 18.0 Å². The summed E-state index contributed by atoms with van der Waals surface area (Å²) in [7, 11) is 1.52. The van der Waals surface area contributed by atoms with Crippen LogP contribution in [0.5, 0.6) is 0 Å². The van der Waals surface area contributed by atoms with Crippen LogP contribution in [0.15, 0.2) is 15.4 Å². The van der Waals surface area contributed by atoms with Crippen molar-refractivity contribution in [3.63, 3.8) is 0 Å². The van der Waals surface area contributed by atoms with Crippen LogP contribution in [0.1, 0.15) is 29.7 Å². The summed E-state index contributed by atoms with van der Waals surface area (Å²) in [6.45, 7) is 3.15. The van der Waals surface area contributed by atoms with Gasteiger partial charge < -0.3 is 4.74 Å². The molecule has 0 aromatic carbocycles. The summed E-state index contributed by atoms with van der Waals surface area (Å²) < 4.78 is 6.32. The number of hydrogen-bond acceptors (Lipinski definition) is 4. The Labute approximate surface area is 143 Å². The van der Waals surface area contributed by atoms with Crippen LogP contribution in [0.2, 0.25) is 0 Å². The van der Waals surface area contributed by atoms with Crippen molar-refractivity contribution >= 4 is 39.3 Å². The summed E-state index contributed by atoms with van der Waals surface area (Å²) in [4.78, 5) is 16.2. The van der Waals surface area contributed by atoms with Crippen LogP contribution in [-0.2, 0) is 9.53 Å². The zero-order chi connectivity index (χ0) is 15.4. The molecule has 4 fully saturated rings. The van der Waals surface area contributed by atoms with Gasteiger partial charge in [0, 0.05) is 23.5 Å². The van der Waals surface area contributed by atoms with Crippen LogP contribution >= 0.6 is 27.3 Å². The molecule has 22 heavy (non-hydrogen) atoms. The topological polar surface area (TPSA) is 29.5 Å². The van der Waals surface area contributed by atoms with Gasteiger partial charge in [0.2, 0.25) is 0 Å². The molecule has 0 radical (unpaired) electrons. The summed E-state index contributed by atoms with van der Waals surface area (Å²) in [5.41, 5.74) is 2.70. The van der Waals surface area contributed by atoms with E-state index in [1.165, 1.54) is 33.3 Å². The molecule has 118 valence electrons. The van der Waals surface area contributed by atoms with E-state index in [1.807, 2.05) is 0 Å². The fraction of sp³-hybridized carbons (Fsp3) is 0.588. The van der Waals surface area contributed by atoms with Crippen LogP contribution < -0.4 is 0 Å². The molecule has 5 atom stereocenters. The zero-order valence-corrected chi connectivity index (χ0v) is 15.2. The monoisotopic (exact) mass is 381 g/mol. The molecule has 5 heterocycles. The number of ether oxygens (including phenoxy) is 1. The molecule has 0 N–H and O–H groups in total. The molecule has 0 amide bonds. The van der Waals surface area contributed by atoms with Gasteiger partial charge in [-0.25, -0.2) is 0 Å². The predicted octanol–water partition coefficient (Wildman–Crippen LogP) is 3.86. The first-order valence-corrected chi connectivity index (χ1v) is 9.49. The first kappa shape index (κ1) is 14.9. The molecule has 1 aromatic rings. The van der Waals surface area contributed by atoms with E-state index in [9.17, 15) is 4.79 Å². The standard InChI is InChI=1S/C17H20BrNO2S/c1-9-5-12(22-16(9)18)6-10-8-19-11-3-4-14(19)15(13(10)7-11)17(20)21-2/h5-6,11,13-15H,3-4,7-8H2,1-2H3/b10-6-/t11-,13+,14+,15-/m0/s1. The summed E-state index contributed by atoms with van der Waals surface area (Å²) in [6.07, 6.45) is 5.82. The maximum absolute atomic E-state index is 12.3. The number of carbonyl (C=O) groups excluding carboxylic acids is 1. The fourth-order valence-corrected chi connectivity index (χ4v) is 6.16. The van der Waals surface area contributed by atoms with Gasteiger partial charge in [0.15, 0.2) is 0 Å². The number of rotatable bonds is 2. The Bertz CT molecular complexity index is 634. The molecular weight excluding hydrogens is 362 g/mol. The molecule has 4 aliphatic rings. The number of nitrogens with zero attached hydrogens (tertiary/aromatic N) is 1. The molecule has 5 heteroatoms. The number of carbonyl (C=O) groups is 1. The van der Waals surface area contributed by atoms with Gasteiger partial charge in [-0.2, -0.15) is 0 Å². The van der Waals surface area contributed by atoms with Gasteiger partial charge in [0.1, 0.15) is 0 Å². The molecule has 3 nitrogen and oxygen atoms in total. The van der Waals surface area contributed by atoms with Gasteiger partial charge in [0.05, 0.1) is 16.8 Å². The van der Waals surface area contributed by atoms with Crippen LogP contribution in [0.4, 0.5) is 0 Å². The highest BCUT2D eigenvalue weighted by Crippen LogP contribution is 2.51. The van der Waals surface area contributed by atoms with Crippen molar-refractivity contribution in [1.29, 1.82) is 0 Å². The Morgan fingerprint density at radius 1 is 1.50 bits per heavy atom. The molecular formula is C17H20BrNO2S. The van der Waals surface area contributed by atoms with Gasteiger partial charge in [-0.1, -0.05) is 5.57 Å². The van der Waals surface area contributed by atoms with Crippen LogP contribution in [0, 0.1) is 18.8 Å². The summed E-state index contributed by atoms with van der Waals surface area (Å²) >= 11 is 5.38. The third-order valence-corrected chi connectivity index (χ3v) is 7.67. The van der Waals surface area contributed by atoms with Gasteiger partial charge in [-0.3, -0.25) is 9.69 Å².